The number of carbonyl (C=O) groups is 1. The molecule has 0 aliphatic carbocycles. The number of hydrogen-bond donors (Lipinski definition) is 1. The molecule has 24 heavy (non-hydrogen) atoms. The van der Waals surface area contributed by atoms with E-state index in [0.29, 0.717) is 0 Å². The number of para-hydroxylation sites is 1. The average molecular weight is 341 g/mol. The second kappa shape index (κ2) is 6.89. The maximum Gasteiger partial charge on any atom is 0.233 e. The highest BCUT2D eigenvalue weighted by Gasteiger charge is 2.34. The van der Waals surface area contributed by atoms with Crippen molar-refractivity contribution in [1.82, 2.24) is 5.32 Å². The molecule has 1 aliphatic heterocycles. The minimum atomic E-state index is -0.290. The van der Waals surface area contributed by atoms with Crippen LogP contribution in [0.15, 0.2) is 59.5 Å². The van der Waals surface area contributed by atoms with Crippen LogP contribution in [0, 0.1) is 0 Å². The summed E-state index contributed by atoms with van der Waals surface area (Å²) in [4.78, 5) is 13.8. The van der Waals surface area contributed by atoms with Crippen LogP contribution in [0.4, 0.5) is 0 Å². The topological polar surface area (TPSA) is 38.3 Å². The number of amides is 1. The zero-order chi connectivity index (χ0) is 17.2. The molecule has 1 heterocycles. The molecule has 2 atom stereocenters. The number of fused-ring (bicyclic) bond motifs is 1. The van der Waals surface area contributed by atoms with Gasteiger partial charge in [0.05, 0.1) is 11.3 Å². The van der Waals surface area contributed by atoms with E-state index in [1.54, 1.807) is 11.8 Å². The van der Waals surface area contributed by atoms with E-state index >= 15 is 0 Å². The molecule has 0 saturated carbocycles. The van der Waals surface area contributed by atoms with Crippen molar-refractivity contribution in [1.29, 1.82) is 0 Å². The van der Waals surface area contributed by atoms with E-state index in [1.165, 1.54) is 0 Å². The van der Waals surface area contributed by atoms with Gasteiger partial charge in [-0.05, 0) is 39.0 Å². The lowest BCUT2D eigenvalue weighted by Gasteiger charge is -2.38. The molecule has 0 fully saturated rings. The van der Waals surface area contributed by atoms with Crippen molar-refractivity contribution in [2.24, 2.45) is 0 Å². The highest BCUT2D eigenvalue weighted by molar-refractivity contribution is 8.00. The molecule has 3 nitrogen and oxygen atoms in total. The number of hydrogen-bond acceptors (Lipinski definition) is 3. The Kier molecular flexibility index (Phi) is 4.86. The molecule has 0 unspecified atom stereocenters. The monoisotopic (exact) mass is 341 g/mol. The van der Waals surface area contributed by atoms with Gasteiger partial charge in [-0.15, -0.1) is 11.8 Å². The quantitative estimate of drug-likeness (QED) is 0.827. The molecule has 0 aromatic heterocycles. The Labute approximate surface area is 147 Å². The number of nitrogens with one attached hydrogen (secondary N) is 1. The van der Waals surface area contributed by atoms with Crippen molar-refractivity contribution in [2.75, 3.05) is 0 Å². The smallest absolute Gasteiger partial charge is 0.233 e. The fourth-order valence-corrected chi connectivity index (χ4v) is 3.87. The lowest BCUT2D eigenvalue weighted by atomic mass is 9.89. The van der Waals surface area contributed by atoms with E-state index in [4.69, 9.17) is 4.74 Å². The Morgan fingerprint density at radius 1 is 1.17 bits per heavy atom. The molecule has 126 valence electrons. The highest BCUT2D eigenvalue weighted by atomic mass is 32.2. The van der Waals surface area contributed by atoms with Crippen LogP contribution in [0.25, 0.3) is 0 Å². The van der Waals surface area contributed by atoms with E-state index in [9.17, 15) is 4.79 Å². The first-order valence-corrected chi connectivity index (χ1v) is 9.13. The molecule has 1 aliphatic rings. The molecule has 2 aromatic rings. The second-order valence-corrected chi connectivity index (χ2v) is 8.15. The van der Waals surface area contributed by atoms with E-state index in [-0.39, 0.29) is 22.8 Å². The SMILES string of the molecule is C[C@@H](Sc1ccccc1)C(=O)N[C@@H]1CC(C)(C)Oc2ccccc21. The van der Waals surface area contributed by atoms with E-state index in [0.717, 1.165) is 22.6 Å². The summed E-state index contributed by atoms with van der Waals surface area (Å²) < 4.78 is 6.03. The molecule has 0 spiro atoms. The van der Waals surface area contributed by atoms with Gasteiger partial charge in [-0.3, -0.25) is 4.79 Å². The van der Waals surface area contributed by atoms with E-state index < -0.39 is 0 Å². The molecule has 2 aromatic carbocycles. The Bertz CT molecular complexity index is 715. The molecule has 1 N–H and O–H groups in total. The Morgan fingerprint density at radius 3 is 2.58 bits per heavy atom. The molecule has 0 bridgehead atoms. The number of rotatable bonds is 4. The van der Waals surface area contributed by atoms with Crippen molar-refractivity contribution in [3.05, 3.63) is 60.2 Å². The Morgan fingerprint density at radius 2 is 1.83 bits per heavy atom. The van der Waals surface area contributed by atoms with Gasteiger partial charge in [0.2, 0.25) is 5.91 Å². The summed E-state index contributed by atoms with van der Waals surface area (Å²) in [5.74, 6) is 0.920. The van der Waals surface area contributed by atoms with Crippen molar-refractivity contribution >= 4 is 17.7 Å². The summed E-state index contributed by atoms with van der Waals surface area (Å²) in [5, 5.41) is 3.06. The van der Waals surface area contributed by atoms with Gasteiger partial charge in [-0.1, -0.05) is 36.4 Å². The maximum absolute atomic E-state index is 12.7. The first-order valence-electron chi connectivity index (χ1n) is 8.25. The largest absolute Gasteiger partial charge is 0.487 e. The number of thioether (sulfide) groups is 1. The maximum atomic E-state index is 12.7. The standard InChI is InChI=1S/C20H23NO2S/c1-14(24-15-9-5-4-6-10-15)19(22)21-17-13-20(2,3)23-18-12-8-7-11-16(17)18/h4-12,14,17H,13H2,1-3H3,(H,21,22)/t14-,17-/m1/s1. The predicted octanol–water partition coefficient (Wildman–Crippen LogP) is 4.59. The Hall–Kier alpha value is -1.94. The fourth-order valence-electron chi connectivity index (χ4n) is 2.98. The van der Waals surface area contributed by atoms with Crippen LogP contribution in [0.2, 0.25) is 0 Å². The summed E-state index contributed by atoms with van der Waals surface area (Å²) in [6.45, 7) is 6.07. The predicted molar refractivity (Wildman–Crippen MR) is 98.4 cm³/mol. The molecule has 0 saturated heterocycles. The van der Waals surface area contributed by atoms with Crippen molar-refractivity contribution < 1.29 is 9.53 Å². The first kappa shape index (κ1) is 16.9. The minimum Gasteiger partial charge on any atom is -0.487 e. The summed E-state index contributed by atoms with van der Waals surface area (Å²) in [7, 11) is 0. The molecule has 3 rings (SSSR count). The Balaban J connectivity index is 1.72. The van der Waals surface area contributed by atoms with E-state index in [1.807, 2.05) is 61.5 Å². The first-order chi connectivity index (χ1) is 11.4. The summed E-state index contributed by atoms with van der Waals surface area (Å²) in [6.07, 6.45) is 0.762. The van der Waals surface area contributed by atoms with Crippen LogP contribution in [-0.2, 0) is 4.79 Å². The van der Waals surface area contributed by atoms with Crippen molar-refractivity contribution in [3.8, 4) is 5.75 Å². The summed E-state index contributed by atoms with van der Waals surface area (Å²) >= 11 is 1.58. The van der Waals surface area contributed by atoms with Gasteiger partial charge >= 0.3 is 0 Å². The van der Waals surface area contributed by atoms with Crippen LogP contribution >= 0.6 is 11.8 Å². The third-order valence-electron chi connectivity index (χ3n) is 4.12. The van der Waals surface area contributed by atoms with Crippen LogP contribution in [0.5, 0.6) is 5.75 Å². The second-order valence-electron chi connectivity index (χ2n) is 6.74. The van der Waals surface area contributed by atoms with Crippen LogP contribution in [0.3, 0.4) is 0 Å². The summed E-state index contributed by atoms with van der Waals surface area (Å²) in [5.41, 5.74) is 0.768. The zero-order valence-electron chi connectivity index (χ0n) is 14.3. The minimum absolute atomic E-state index is 0.0173. The lowest BCUT2D eigenvalue weighted by molar-refractivity contribution is -0.121. The number of benzene rings is 2. The van der Waals surface area contributed by atoms with Crippen LogP contribution in [0.1, 0.15) is 38.8 Å². The van der Waals surface area contributed by atoms with Crippen LogP contribution in [-0.4, -0.2) is 16.8 Å². The molecule has 0 radical (unpaired) electrons. The van der Waals surface area contributed by atoms with Gasteiger partial charge in [-0.25, -0.2) is 0 Å². The van der Waals surface area contributed by atoms with Crippen molar-refractivity contribution in [3.63, 3.8) is 0 Å². The third kappa shape index (κ3) is 3.93. The number of ether oxygens (including phenoxy) is 1. The average Bonchev–Trinajstić information content (AvgIpc) is 2.54. The van der Waals surface area contributed by atoms with Gasteiger partial charge in [0.1, 0.15) is 11.4 Å². The van der Waals surface area contributed by atoms with Crippen molar-refractivity contribution in [2.45, 2.75) is 49.0 Å². The van der Waals surface area contributed by atoms with Gasteiger partial charge in [-0.2, -0.15) is 0 Å². The van der Waals surface area contributed by atoms with Gasteiger partial charge < -0.3 is 10.1 Å². The zero-order valence-corrected chi connectivity index (χ0v) is 15.1. The fraction of sp³-hybridized carbons (Fsp3) is 0.350. The van der Waals surface area contributed by atoms with E-state index in [2.05, 4.69) is 19.2 Å². The third-order valence-corrected chi connectivity index (χ3v) is 5.23. The number of carbonyl (C=O) groups excluding carboxylic acids is 1. The normalized spacial score (nSPS) is 19.7. The summed E-state index contributed by atoms with van der Waals surface area (Å²) in [6, 6.07) is 18.0. The van der Waals surface area contributed by atoms with Gasteiger partial charge in [0, 0.05) is 16.9 Å². The van der Waals surface area contributed by atoms with Crippen LogP contribution < -0.4 is 10.1 Å². The van der Waals surface area contributed by atoms with Gasteiger partial charge in [0.25, 0.3) is 0 Å². The lowest BCUT2D eigenvalue weighted by Crippen LogP contribution is -2.43. The van der Waals surface area contributed by atoms with Gasteiger partial charge in [0.15, 0.2) is 0 Å². The molecular weight excluding hydrogens is 318 g/mol. The highest BCUT2D eigenvalue weighted by Crippen LogP contribution is 2.39. The molecule has 1 amide bonds. The molecular formula is C20H23NO2S. The molecule has 4 heteroatoms.